The van der Waals surface area contributed by atoms with E-state index in [9.17, 15) is 0 Å². The van der Waals surface area contributed by atoms with Crippen molar-refractivity contribution < 1.29 is 0 Å². The number of hydrogen-bond donors (Lipinski definition) is 1. The molecule has 3 heteroatoms. The third-order valence-electron chi connectivity index (χ3n) is 4.55. The summed E-state index contributed by atoms with van der Waals surface area (Å²) in [7, 11) is 2.06. The zero-order valence-electron chi connectivity index (χ0n) is 13.3. The Labute approximate surface area is 130 Å². The van der Waals surface area contributed by atoms with Crippen LogP contribution in [0, 0.1) is 26.7 Å². The molecule has 1 aromatic carbocycles. The Hall–Kier alpha value is -0.570. The summed E-state index contributed by atoms with van der Waals surface area (Å²) in [6, 6.07) is 4.71. The van der Waals surface area contributed by atoms with Gasteiger partial charge < -0.3 is 5.32 Å². The van der Waals surface area contributed by atoms with Crippen molar-refractivity contribution in [2.45, 2.75) is 40.2 Å². The molecule has 0 bridgehead atoms. The number of rotatable bonds is 4. The van der Waals surface area contributed by atoms with Crippen LogP contribution in [0.15, 0.2) is 12.1 Å². The van der Waals surface area contributed by atoms with Crippen molar-refractivity contribution in [3.05, 3.63) is 34.4 Å². The lowest BCUT2D eigenvalue weighted by molar-refractivity contribution is 0.176. The number of benzene rings is 1. The van der Waals surface area contributed by atoms with Crippen LogP contribution in [0.4, 0.5) is 0 Å². The molecule has 1 saturated heterocycles. The Morgan fingerprint density at radius 1 is 1.05 bits per heavy atom. The van der Waals surface area contributed by atoms with E-state index in [2.05, 4.69) is 50.2 Å². The first-order valence-corrected chi connectivity index (χ1v) is 7.54. The maximum absolute atomic E-state index is 3.31. The van der Waals surface area contributed by atoms with Crippen LogP contribution in [-0.2, 0) is 6.54 Å². The lowest BCUT2D eigenvalue weighted by Gasteiger charge is -2.32. The molecule has 1 aromatic rings. The Morgan fingerprint density at radius 2 is 1.65 bits per heavy atom. The third-order valence-corrected chi connectivity index (χ3v) is 4.55. The van der Waals surface area contributed by atoms with Gasteiger partial charge in [-0.1, -0.05) is 12.1 Å². The summed E-state index contributed by atoms with van der Waals surface area (Å²) in [4.78, 5) is 2.61. The molecule has 1 fully saturated rings. The van der Waals surface area contributed by atoms with Crippen LogP contribution < -0.4 is 5.32 Å². The molecule has 0 unspecified atom stereocenters. The minimum Gasteiger partial charge on any atom is -0.319 e. The number of aryl methyl sites for hydroxylation is 3. The van der Waals surface area contributed by atoms with Crippen molar-refractivity contribution in [1.29, 1.82) is 0 Å². The van der Waals surface area contributed by atoms with E-state index in [0.29, 0.717) is 0 Å². The van der Waals surface area contributed by atoms with Crippen LogP contribution in [0.1, 0.15) is 35.1 Å². The quantitative estimate of drug-likeness (QED) is 0.915. The zero-order chi connectivity index (χ0) is 13.8. The van der Waals surface area contributed by atoms with Gasteiger partial charge in [0.2, 0.25) is 0 Å². The fourth-order valence-corrected chi connectivity index (χ4v) is 3.07. The molecule has 20 heavy (non-hydrogen) atoms. The van der Waals surface area contributed by atoms with E-state index < -0.39 is 0 Å². The smallest absolute Gasteiger partial charge is 0.0236 e. The molecule has 2 rings (SSSR count). The van der Waals surface area contributed by atoms with Gasteiger partial charge in [0.25, 0.3) is 0 Å². The molecule has 1 N–H and O–H groups in total. The normalized spacial score (nSPS) is 17.0. The molecule has 0 radical (unpaired) electrons. The molecule has 1 heterocycles. The SMILES string of the molecule is CNCC1CCN(Cc2cc(C)c(C)cc2C)CC1.Cl. The summed E-state index contributed by atoms with van der Waals surface area (Å²) in [5.74, 6) is 0.877. The van der Waals surface area contributed by atoms with Crippen molar-refractivity contribution in [2.75, 3.05) is 26.7 Å². The van der Waals surface area contributed by atoms with Crippen LogP contribution in [-0.4, -0.2) is 31.6 Å². The minimum absolute atomic E-state index is 0. The van der Waals surface area contributed by atoms with E-state index in [0.717, 1.165) is 12.5 Å². The van der Waals surface area contributed by atoms with E-state index >= 15 is 0 Å². The van der Waals surface area contributed by atoms with Crippen LogP contribution in [0.3, 0.4) is 0 Å². The molecule has 0 aromatic heterocycles. The molecule has 0 amide bonds. The Kier molecular flexibility index (Phi) is 7.01. The van der Waals surface area contributed by atoms with Gasteiger partial charge in [-0.05, 0) is 88.5 Å². The Bertz CT molecular complexity index is 423. The fraction of sp³-hybridized carbons (Fsp3) is 0.647. The minimum atomic E-state index is 0. The lowest BCUT2D eigenvalue weighted by Crippen LogP contribution is -2.36. The highest BCUT2D eigenvalue weighted by atomic mass is 35.5. The van der Waals surface area contributed by atoms with Gasteiger partial charge in [0.15, 0.2) is 0 Å². The molecule has 0 atom stereocenters. The van der Waals surface area contributed by atoms with Crippen molar-refractivity contribution in [3.63, 3.8) is 0 Å². The molecule has 1 aliphatic rings. The van der Waals surface area contributed by atoms with Gasteiger partial charge in [-0.2, -0.15) is 0 Å². The van der Waals surface area contributed by atoms with Crippen molar-refractivity contribution in [1.82, 2.24) is 10.2 Å². The molecule has 2 nitrogen and oxygen atoms in total. The van der Waals surface area contributed by atoms with E-state index in [1.165, 1.54) is 54.7 Å². The first kappa shape index (κ1) is 17.5. The largest absolute Gasteiger partial charge is 0.319 e. The standard InChI is InChI=1S/C17H28N2.ClH/c1-13-9-15(3)17(10-14(13)2)12-19-7-5-16(6-8-19)11-18-4;/h9-10,16,18H,5-8,11-12H2,1-4H3;1H. The number of likely N-dealkylation sites (tertiary alicyclic amines) is 1. The molecular weight excluding hydrogens is 268 g/mol. The molecule has 114 valence electrons. The maximum Gasteiger partial charge on any atom is 0.0236 e. The molecule has 0 saturated carbocycles. The highest BCUT2D eigenvalue weighted by Crippen LogP contribution is 2.21. The first-order chi connectivity index (χ1) is 9.10. The van der Waals surface area contributed by atoms with Crippen molar-refractivity contribution in [3.8, 4) is 0 Å². The predicted molar refractivity (Wildman–Crippen MR) is 89.8 cm³/mol. The molecule has 0 spiro atoms. The van der Waals surface area contributed by atoms with E-state index in [1.807, 2.05) is 0 Å². The summed E-state index contributed by atoms with van der Waals surface area (Å²) < 4.78 is 0. The van der Waals surface area contributed by atoms with Gasteiger partial charge >= 0.3 is 0 Å². The molecular formula is C17H29ClN2. The summed E-state index contributed by atoms with van der Waals surface area (Å²) in [5.41, 5.74) is 5.79. The van der Waals surface area contributed by atoms with Gasteiger partial charge in [0.05, 0.1) is 0 Å². The highest BCUT2D eigenvalue weighted by Gasteiger charge is 2.19. The summed E-state index contributed by atoms with van der Waals surface area (Å²) in [5, 5.41) is 3.31. The summed E-state index contributed by atoms with van der Waals surface area (Å²) in [6.45, 7) is 11.5. The van der Waals surface area contributed by atoms with Crippen LogP contribution >= 0.6 is 12.4 Å². The topological polar surface area (TPSA) is 15.3 Å². The average molecular weight is 297 g/mol. The highest BCUT2D eigenvalue weighted by molar-refractivity contribution is 5.85. The van der Waals surface area contributed by atoms with Gasteiger partial charge in [-0.15, -0.1) is 12.4 Å². The summed E-state index contributed by atoms with van der Waals surface area (Å²) >= 11 is 0. The second kappa shape index (κ2) is 8.02. The second-order valence-corrected chi connectivity index (χ2v) is 6.14. The van der Waals surface area contributed by atoms with Crippen LogP contribution in [0.25, 0.3) is 0 Å². The Balaban J connectivity index is 0.00000200. The third kappa shape index (κ3) is 4.47. The van der Waals surface area contributed by atoms with Gasteiger partial charge in [-0.25, -0.2) is 0 Å². The molecule has 1 aliphatic heterocycles. The number of hydrogen-bond acceptors (Lipinski definition) is 2. The van der Waals surface area contributed by atoms with E-state index in [4.69, 9.17) is 0 Å². The Morgan fingerprint density at radius 3 is 2.25 bits per heavy atom. The lowest BCUT2D eigenvalue weighted by atomic mass is 9.95. The van der Waals surface area contributed by atoms with E-state index in [-0.39, 0.29) is 12.4 Å². The molecule has 0 aliphatic carbocycles. The number of nitrogens with zero attached hydrogens (tertiary/aromatic N) is 1. The second-order valence-electron chi connectivity index (χ2n) is 6.14. The zero-order valence-corrected chi connectivity index (χ0v) is 14.1. The number of halogens is 1. The van der Waals surface area contributed by atoms with Gasteiger partial charge in [0.1, 0.15) is 0 Å². The number of nitrogens with one attached hydrogen (secondary N) is 1. The fourth-order valence-electron chi connectivity index (χ4n) is 3.07. The van der Waals surface area contributed by atoms with Crippen LogP contribution in [0.2, 0.25) is 0 Å². The monoisotopic (exact) mass is 296 g/mol. The summed E-state index contributed by atoms with van der Waals surface area (Å²) in [6.07, 6.45) is 2.68. The van der Waals surface area contributed by atoms with Crippen molar-refractivity contribution >= 4 is 12.4 Å². The average Bonchev–Trinajstić information content (AvgIpc) is 2.38. The van der Waals surface area contributed by atoms with Gasteiger partial charge in [-0.3, -0.25) is 4.90 Å². The van der Waals surface area contributed by atoms with Crippen molar-refractivity contribution in [2.24, 2.45) is 5.92 Å². The van der Waals surface area contributed by atoms with Crippen LogP contribution in [0.5, 0.6) is 0 Å². The number of piperidine rings is 1. The van der Waals surface area contributed by atoms with E-state index in [1.54, 1.807) is 0 Å². The first-order valence-electron chi connectivity index (χ1n) is 7.54. The predicted octanol–water partition coefficient (Wildman–Crippen LogP) is 3.47. The van der Waals surface area contributed by atoms with Gasteiger partial charge in [0, 0.05) is 6.54 Å². The maximum atomic E-state index is 3.31.